The third-order valence-electron chi connectivity index (χ3n) is 6.03. The topological polar surface area (TPSA) is 81.7 Å². The number of carbonyl (C=O) groups is 2. The summed E-state index contributed by atoms with van der Waals surface area (Å²) in [5, 5.41) is 15.2. The van der Waals surface area contributed by atoms with Crippen LogP contribution in [-0.4, -0.2) is 60.1 Å². The number of fused-ring (bicyclic) bond motifs is 1. The van der Waals surface area contributed by atoms with Crippen LogP contribution in [0.4, 0.5) is 0 Å². The zero-order chi connectivity index (χ0) is 20.1. The highest BCUT2D eigenvalue weighted by atomic mass is 16.3. The molecule has 3 N–H and O–H groups in total. The van der Waals surface area contributed by atoms with Crippen LogP contribution >= 0.6 is 0 Å². The molecule has 0 unspecified atom stereocenters. The minimum absolute atomic E-state index is 0.0428. The van der Waals surface area contributed by atoms with E-state index < -0.39 is 6.04 Å². The van der Waals surface area contributed by atoms with Crippen LogP contribution in [0.1, 0.15) is 44.2 Å². The second kappa shape index (κ2) is 9.05. The van der Waals surface area contributed by atoms with Crippen molar-refractivity contribution < 1.29 is 14.7 Å². The lowest BCUT2D eigenvalue weighted by Crippen LogP contribution is -2.59. The van der Waals surface area contributed by atoms with Gasteiger partial charge in [-0.25, -0.2) is 0 Å². The summed E-state index contributed by atoms with van der Waals surface area (Å²) in [4.78, 5) is 27.2. The number of rotatable bonds is 8. The third kappa shape index (κ3) is 5.11. The van der Waals surface area contributed by atoms with Gasteiger partial charge in [0.1, 0.15) is 0 Å². The number of amides is 2. The van der Waals surface area contributed by atoms with Crippen LogP contribution in [0.15, 0.2) is 24.3 Å². The van der Waals surface area contributed by atoms with Gasteiger partial charge in [-0.1, -0.05) is 38.1 Å². The van der Waals surface area contributed by atoms with Crippen molar-refractivity contribution in [3.63, 3.8) is 0 Å². The van der Waals surface area contributed by atoms with Crippen molar-refractivity contribution in [1.82, 2.24) is 15.5 Å². The fourth-order valence-corrected chi connectivity index (χ4v) is 4.27. The van der Waals surface area contributed by atoms with E-state index in [9.17, 15) is 14.7 Å². The molecule has 0 bridgehead atoms. The number of carbonyl (C=O) groups excluding carboxylic acids is 2. The molecule has 1 aromatic rings. The second-order valence-corrected chi connectivity index (χ2v) is 8.86. The van der Waals surface area contributed by atoms with Gasteiger partial charge in [0.2, 0.25) is 11.8 Å². The van der Waals surface area contributed by atoms with Gasteiger partial charge in [-0.05, 0) is 42.2 Å². The molecule has 2 aliphatic rings. The van der Waals surface area contributed by atoms with Crippen molar-refractivity contribution >= 4 is 11.8 Å². The fraction of sp³-hybridized carbons (Fsp3) is 0.636. The predicted molar refractivity (Wildman–Crippen MR) is 109 cm³/mol. The van der Waals surface area contributed by atoms with Crippen LogP contribution in [-0.2, 0) is 22.4 Å². The highest BCUT2D eigenvalue weighted by molar-refractivity contribution is 5.88. The van der Waals surface area contributed by atoms with Gasteiger partial charge in [0.15, 0.2) is 0 Å². The van der Waals surface area contributed by atoms with Gasteiger partial charge < -0.3 is 15.7 Å². The molecular formula is C22H33N3O3. The minimum atomic E-state index is -0.401. The molecule has 6 nitrogen and oxygen atoms in total. The molecular weight excluding hydrogens is 354 g/mol. The quantitative estimate of drug-likeness (QED) is 0.587. The first-order valence-electron chi connectivity index (χ1n) is 10.4. The molecule has 2 amide bonds. The van der Waals surface area contributed by atoms with Gasteiger partial charge in [-0.3, -0.25) is 14.5 Å². The standard InChI is InChI=1S/C22H33N3O3/c1-22(2,15-26)8-5-9-23-20(27)14-19-21(28)24-10-11-25(19)18-12-16-6-3-4-7-17(16)13-18/h3-4,6-7,18-19,26H,5,8-15H2,1-2H3,(H,23,27)(H,24,28)/t19-/m0/s1. The normalized spacial score (nSPS) is 20.7. The van der Waals surface area contributed by atoms with Crippen molar-refractivity contribution in [2.75, 3.05) is 26.2 Å². The van der Waals surface area contributed by atoms with E-state index in [0.29, 0.717) is 13.1 Å². The molecule has 1 heterocycles. The van der Waals surface area contributed by atoms with Gasteiger partial charge >= 0.3 is 0 Å². The van der Waals surface area contributed by atoms with Crippen LogP contribution in [0.3, 0.4) is 0 Å². The van der Waals surface area contributed by atoms with E-state index in [1.807, 2.05) is 13.8 Å². The molecule has 1 atom stereocenters. The number of nitrogens with one attached hydrogen (secondary N) is 2. The minimum Gasteiger partial charge on any atom is -0.396 e. The Morgan fingerprint density at radius 2 is 1.96 bits per heavy atom. The van der Waals surface area contributed by atoms with E-state index in [-0.39, 0.29) is 36.3 Å². The van der Waals surface area contributed by atoms with Crippen LogP contribution in [0.25, 0.3) is 0 Å². The largest absolute Gasteiger partial charge is 0.396 e. The number of benzene rings is 1. The zero-order valence-corrected chi connectivity index (χ0v) is 17.0. The molecule has 154 valence electrons. The summed E-state index contributed by atoms with van der Waals surface area (Å²) in [5.74, 6) is -0.122. The average Bonchev–Trinajstić information content (AvgIpc) is 3.11. The van der Waals surface area contributed by atoms with E-state index in [1.165, 1.54) is 11.1 Å². The zero-order valence-electron chi connectivity index (χ0n) is 17.0. The third-order valence-corrected chi connectivity index (χ3v) is 6.03. The van der Waals surface area contributed by atoms with Crippen LogP contribution < -0.4 is 10.6 Å². The van der Waals surface area contributed by atoms with Crippen molar-refractivity contribution in [2.24, 2.45) is 5.41 Å². The Hall–Kier alpha value is -1.92. The molecule has 1 aromatic carbocycles. The van der Waals surface area contributed by atoms with Gasteiger partial charge in [0.25, 0.3) is 0 Å². The van der Waals surface area contributed by atoms with Gasteiger partial charge in [-0.2, -0.15) is 0 Å². The molecule has 1 aliphatic carbocycles. The van der Waals surface area contributed by atoms with Crippen LogP contribution in [0.5, 0.6) is 0 Å². The monoisotopic (exact) mass is 387 g/mol. The number of hydrogen-bond donors (Lipinski definition) is 3. The molecule has 0 aromatic heterocycles. The first-order valence-corrected chi connectivity index (χ1v) is 10.4. The maximum atomic E-state index is 12.5. The first-order chi connectivity index (χ1) is 13.4. The Morgan fingerprint density at radius 1 is 1.29 bits per heavy atom. The van der Waals surface area contributed by atoms with E-state index in [0.717, 1.165) is 32.2 Å². The lowest BCUT2D eigenvalue weighted by atomic mass is 9.89. The second-order valence-electron chi connectivity index (χ2n) is 8.86. The van der Waals surface area contributed by atoms with Gasteiger partial charge in [0.05, 0.1) is 12.5 Å². The highest BCUT2D eigenvalue weighted by Crippen LogP contribution is 2.28. The Balaban J connectivity index is 1.53. The lowest BCUT2D eigenvalue weighted by Gasteiger charge is -2.38. The maximum Gasteiger partial charge on any atom is 0.237 e. The van der Waals surface area contributed by atoms with Crippen molar-refractivity contribution in [3.8, 4) is 0 Å². The summed E-state index contributed by atoms with van der Waals surface area (Å²) in [6, 6.07) is 8.33. The number of nitrogens with zero attached hydrogens (tertiary/aromatic N) is 1. The van der Waals surface area contributed by atoms with Crippen molar-refractivity contribution in [3.05, 3.63) is 35.4 Å². The maximum absolute atomic E-state index is 12.5. The number of hydrogen-bond acceptors (Lipinski definition) is 4. The van der Waals surface area contributed by atoms with Crippen LogP contribution in [0, 0.1) is 5.41 Å². The number of aliphatic hydroxyl groups excluding tert-OH is 1. The van der Waals surface area contributed by atoms with Crippen LogP contribution in [0.2, 0.25) is 0 Å². The summed E-state index contributed by atoms with van der Waals surface area (Å²) in [6.45, 7) is 6.16. The summed E-state index contributed by atoms with van der Waals surface area (Å²) in [7, 11) is 0. The van der Waals surface area contributed by atoms with E-state index >= 15 is 0 Å². The predicted octanol–water partition coefficient (Wildman–Crippen LogP) is 1.26. The molecule has 1 aliphatic heterocycles. The first kappa shape index (κ1) is 20.8. The summed E-state index contributed by atoms with van der Waals surface area (Å²) in [5.41, 5.74) is 2.59. The fourth-order valence-electron chi connectivity index (χ4n) is 4.27. The Bertz CT molecular complexity index is 679. The Labute approximate surface area is 167 Å². The summed E-state index contributed by atoms with van der Waals surface area (Å²) in [6.07, 6.45) is 3.75. The molecule has 28 heavy (non-hydrogen) atoms. The molecule has 0 radical (unpaired) electrons. The van der Waals surface area contributed by atoms with E-state index in [2.05, 4.69) is 39.8 Å². The smallest absolute Gasteiger partial charge is 0.237 e. The SMILES string of the molecule is CC(C)(CO)CCCNC(=O)C[C@H]1C(=O)NCCN1C1Cc2ccccc2C1. The molecule has 6 heteroatoms. The average molecular weight is 388 g/mol. The summed E-state index contributed by atoms with van der Waals surface area (Å²) < 4.78 is 0. The van der Waals surface area contributed by atoms with E-state index in [1.54, 1.807) is 0 Å². The Kier molecular flexibility index (Phi) is 6.73. The van der Waals surface area contributed by atoms with Gasteiger partial charge in [0, 0.05) is 32.3 Å². The molecule has 3 rings (SSSR count). The van der Waals surface area contributed by atoms with Crippen molar-refractivity contribution in [1.29, 1.82) is 0 Å². The molecule has 0 saturated carbocycles. The lowest BCUT2D eigenvalue weighted by molar-refractivity contribution is -0.135. The highest BCUT2D eigenvalue weighted by Gasteiger charge is 2.38. The molecule has 1 saturated heterocycles. The van der Waals surface area contributed by atoms with E-state index in [4.69, 9.17) is 0 Å². The van der Waals surface area contributed by atoms with Crippen molar-refractivity contribution in [2.45, 2.75) is 58.0 Å². The summed E-state index contributed by atoms with van der Waals surface area (Å²) >= 11 is 0. The van der Waals surface area contributed by atoms with Gasteiger partial charge in [-0.15, -0.1) is 0 Å². The molecule has 0 spiro atoms. The number of piperazine rings is 1. The molecule has 1 fully saturated rings. The Morgan fingerprint density at radius 3 is 2.61 bits per heavy atom. The number of aliphatic hydroxyl groups is 1.